The number of anilines is 1. The molecule has 0 aliphatic rings. The highest BCUT2D eigenvalue weighted by atomic mass is 32.2. The Labute approximate surface area is 157 Å². The number of hydrogen-bond acceptors (Lipinski definition) is 4. The molecule has 28 heavy (non-hydrogen) atoms. The van der Waals surface area contributed by atoms with Gasteiger partial charge >= 0.3 is 11.9 Å². The molecule has 2 aromatic rings. The maximum atomic E-state index is 12.9. The van der Waals surface area contributed by atoms with Crippen LogP contribution >= 0.6 is 0 Å². The normalized spacial score (nSPS) is 12.1. The molecule has 11 heteroatoms. The Morgan fingerprint density at radius 2 is 1.71 bits per heavy atom. The Morgan fingerprint density at radius 3 is 2.21 bits per heavy atom. The van der Waals surface area contributed by atoms with Gasteiger partial charge in [0.05, 0.1) is 22.8 Å². The van der Waals surface area contributed by atoms with E-state index in [9.17, 15) is 35.2 Å². The van der Waals surface area contributed by atoms with Crippen molar-refractivity contribution in [2.45, 2.75) is 23.8 Å². The molecule has 0 radical (unpaired) electrons. The van der Waals surface area contributed by atoms with Crippen LogP contribution in [0.25, 0.3) is 0 Å². The smallest absolute Gasteiger partial charge is 0.416 e. The van der Waals surface area contributed by atoms with Crippen LogP contribution in [0.1, 0.15) is 22.8 Å². The van der Waals surface area contributed by atoms with Crippen molar-refractivity contribution < 1.29 is 39.9 Å². The first-order chi connectivity index (χ1) is 13.0. The van der Waals surface area contributed by atoms with E-state index in [1.165, 1.54) is 0 Å². The van der Waals surface area contributed by atoms with Gasteiger partial charge in [-0.05, 0) is 49.4 Å². The van der Waals surface area contributed by atoms with E-state index in [-0.39, 0.29) is 23.6 Å². The summed E-state index contributed by atoms with van der Waals surface area (Å²) in [6, 6.07) is 6.11. The summed E-state index contributed by atoms with van der Waals surface area (Å²) in [4.78, 5) is 11.6. The Morgan fingerprint density at radius 1 is 1.11 bits per heavy atom. The van der Waals surface area contributed by atoms with Crippen LogP contribution < -0.4 is 10.1 Å². The molecule has 0 aliphatic heterocycles. The molecule has 0 spiro atoms. The van der Waals surface area contributed by atoms with Crippen LogP contribution in [0.2, 0.25) is 0 Å². The van der Waals surface area contributed by atoms with Gasteiger partial charge in [-0.25, -0.2) is 8.42 Å². The second kappa shape index (κ2) is 8.13. The van der Waals surface area contributed by atoms with Crippen molar-refractivity contribution in [1.29, 1.82) is 0 Å². The van der Waals surface area contributed by atoms with Crippen LogP contribution in [-0.2, 0) is 16.0 Å². The standard InChI is InChI=1S/C17H14F5NO4S/c1-2-27-14-8-5-11(17(20,21)22)9-13(14)23-15(24)10-3-6-12(7-4-10)28(25,26)16(18)19/h3-9,16H,2H2,1H3,(H,23,24). The topological polar surface area (TPSA) is 72.5 Å². The number of sulfone groups is 1. The first-order valence-electron chi connectivity index (χ1n) is 7.74. The molecule has 0 unspecified atom stereocenters. The summed E-state index contributed by atoms with van der Waals surface area (Å²) in [6.45, 7) is 1.74. The van der Waals surface area contributed by atoms with E-state index >= 15 is 0 Å². The van der Waals surface area contributed by atoms with Crippen LogP contribution in [0.5, 0.6) is 5.75 Å². The van der Waals surface area contributed by atoms with E-state index in [2.05, 4.69) is 5.32 Å². The van der Waals surface area contributed by atoms with Gasteiger partial charge in [0.25, 0.3) is 5.91 Å². The molecule has 0 aromatic heterocycles. The minimum atomic E-state index is -4.82. The van der Waals surface area contributed by atoms with Gasteiger partial charge in [0, 0.05) is 5.56 Å². The molecule has 0 aliphatic carbocycles. The van der Waals surface area contributed by atoms with E-state index < -0.39 is 38.1 Å². The molecule has 0 saturated carbocycles. The van der Waals surface area contributed by atoms with Crippen molar-refractivity contribution >= 4 is 21.4 Å². The summed E-state index contributed by atoms with van der Waals surface area (Å²) in [7, 11) is -4.82. The van der Waals surface area contributed by atoms with Crippen molar-refractivity contribution in [3.63, 3.8) is 0 Å². The van der Waals surface area contributed by atoms with Crippen molar-refractivity contribution in [3.8, 4) is 5.75 Å². The highest BCUT2D eigenvalue weighted by molar-refractivity contribution is 7.91. The Bertz CT molecular complexity index is 957. The van der Waals surface area contributed by atoms with Gasteiger partial charge in [-0.3, -0.25) is 4.79 Å². The van der Waals surface area contributed by atoms with Crippen LogP contribution in [0.4, 0.5) is 27.6 Å². The van der Waals surface area contributed by atoms with Gasteiger partial charge in [-0.15, -0.1) is 0 Å². The highest BCUT2D eigenvalue weighted by Gasteiger charge is 2.31. The second-order valence-corrected chi connectivity index (χ2v) is 7.34. The third-order valence-electron chi connectivity index (χ3n) is 3.53. The van der Waals surface area contributed by atoms with Crippen LogP contribution in [0.15, 0.2) is 47.4 Å². The molecule has 0 atom stereocenters. The minimum absolute atomic E-state index is 0.000693. The fourth-order valence-corrected chi connectivity index (χ4v) is 2.90. The number of alkyl halides is 5. The Balaban J connectivity index is 2.31. The number of nitrogens with one attached hydrogen (secondary N) is 1. The molecule has 152 valence electrons. The number of carbonyl (C=O) groups excluding carboxylic acids is 1. The summed E-state index contributed by atoms with van der Waals surface area (Å²) in [5.41, 5.74) is -1.40. The molecule has 1 N–H and O–H groups in total. The predicted octanol–water partition coefficient (Wildman–Crippen LogP) is 4.35. The maximum Gasteiger partial charge on any atom is 0.416 e. The fraction of sp³-hybridized carbons (Fsp3) is 0.235. The van der Waals surface area contributed by atoms with Gasteiger partial charge in [-0.1, -0.05) is 0 Å². The van der Waals surface area contributed by atoms with Gasteiger partial charge in [0.1, 0.15) is 5.75 Å². The molecular weight excluding hydrogens is 409 g/mol. The number of ether oxygens (including phenoxy) is 1. The van der Waals surface area contributed by atoms with E-state index in [1.54, 1.807) is 6.92 Å². The van der Waals surface area contributed by atoms with E-state index in [0.717, 1.165) is 36.4 Å². The summed E-state index contributed by atoms with van der Waals surface area (Å²) >= 11 is 0. The predicted molar refractivity (Wildman–Crippen MR) is 90.2 cm³/mol. The zero-order valence-electron chi connectivity index (χ0n) is 14.3. The molecule has 0 fully saturated rings. The molecule has 0 heterocycles. The number of halogens is 5. The largest absolute Gasteiger partial charge is 0.492 e. The minimum Gasteiger partial charge on any atom is -0.492 e. The van der Waals surface area contributed by atoms with Gasteiger partial charge in [0.2, 0.25) is 9.84 Å². The van der Waals surface area contributed by atoms with E-state index in [0.29, 0.717) is 6.07 Å². The SMILES string of the molecule is CCOc1ccc(C(F)(F)F)cc1NC(=O)c1ccc(S(=O)(=O)C(F)F)cc1. The zero-order valence-corrected chi connectivity index (χ0v) is 15.1. The zero-order chi connectivity index (χ0) is 21.1. The third kappa shape index (κ3) is 4.77. The van der Waals surface area contributed by atoms with Crippen molar-refractivity contribution in [3.05, 3.63) is 53.6 Å². The first kappa shape index (κ1) is 21.6. The number of rotatable bonds is 6. The highest BCUT2D eigenvalue weighted by Crippen LogP contribution is 2.35. The molecule has 1 amide bonds. The summed E-state index contributed by atoms with van der Waals surface area (Å²) in [5, 5.41) is 2.24. The number of benzene rings is 2. The molecule has 2 aromatic carbocycles. The van der Waals surface area contributed by atoms with Crippen molar-refractivity contribution in [2.24, 2.45) is 0 Å². The molecule has 0 bridgehead atoms. The Hall–Kier alpha value is -2.69. The van der Waals surface area contributed by atoms with Crippen LogP contribution in [-0.4, -0.2) is 26.7 Å². The van der Waals surface area contributed by atoms with Gasteiger partial charge in [-0.2, -0.15) is 22.0 Å². The van der Waals surface area contributed by atoms with Crippen LogP contribution in [0, 0.1) is 0 Å². The number of hydrogen-bond donors (Lipinski definition) is 1. The van der Waals surface area contributed by atoms with Gasteiger partial charge in [0.15, 0.2) is 0 Å². The lowest BCUT2D eigenvalue weighted by Gasteiger charge is -2.15. The first-order valence-corrected chi connectivity index (χ1v) is 9.29. The van der Waals surface area contributed by atoms with Gasteiger partial charge < -0.3 is 10.1 Å². The van der Waals surface area contributed by atoms with E-state index in [1.807, 2.05) is 0 Å². The summed E-state index contributed by atoms with van der Waals surface area (Å²) in [6.07, 6.45) is -4.64. The fourth-order valence-electron chi connectivity index (χ4n) is 2.18. The van der Waals surface area contributed by atoms with E-state index in [4.69, 9.17) is 4.74 Å². The van der Waals surface area contributed by atoms with Crippen molar-refractivity contribution in [2.75, 3.05) is 11.9 Å². The van der Waals surface area contributed by atoms with Crippen molar-refractivity contribution in [1.82, 2.24) is 0 Å². The Kier molecular flexibility index (Phi) is 6.27. The molecule has 5 nitrogen and oxygen atoms in total. The summed E-state index contributed by atoms with van der Waals surface area (Å²) in [5.74, 6) is -4.49. The number of carbonyl (C=O) groups is 1. The number of amides is 1. The average molecular weight is 423 g/mol. The second-order valence-electron chi connectivity index (χ2n) is 5.43. The molecule has 2 rings (SSSR count). The third-order valence-corrected chi connectivity index (χ3v) is 4.93. The summed E-state index contributed by atoms with van der Waals surface area (Å²) < 4.78 is 91.7. The lowest BCUT2D eigenvalue weighted by atomic mass is 10.1. The maximum absolute atomic E-state index is 12.9. The van der Waals surface area contributed by atoms with Crippen LogP contribution in [0.3, 0.4) is 0 Å². The average Bonchev–Trinajstić information content (AvgIpc) is 2.62. The quantitative estimate of drug-likeness (QED) is 0.701. The lowest BCUT2D eigenvalue weighted by molar-refractivity contribution is -0.137. The molecule has 0 saturated heterocycles. The monoisotopic (exact) mass is 423 g/mol. The molecular formula is C17H14F5NO4S. The lowest BCUT2D eigenvalue weighted by Crippen LogP contribution is -2.15.